The predicted octanol–water partition coefficient (Wildman–Crippen LogP) is 4.79. The van der Waals surface area contributed by atoms with Crippen molar-refractivity contribution in [1.29, 1.82) is 0 Å². The Hall–Kier alpha value is -0.830. The number of halogens is 3. The monoisotopic (exact) mass is 509 g/mol. The third-order valence-corrected chi connectivity index (χ3v) is 3.86. The molecule has 0 unspecified atom stereocenters. The van der Waals surface area contributed by atoms with Gasteiger partial charge in [-0.25, -0.2) is 4.99 Å². The summed E-state index contributed by atoms with van der Waals surface area (Å²) in [5.41, 5.74) is 8.76. The zero-order chi connectivity index (χ0) is 15.9. The molecule has 0 atom stereocenters. The summed E-state index contributed by atoms with van der Waals surface area (Å²) in [4.78, 5) is 4.32. The zero-order valence-electron chi connectivity index (χ0n) is 12.6. The van der Waals surface area contributed by atoms with Gasteiger partial charge in [0, 0.05) is 27.9 Å². The van der Waals surface area contributed by atoms with E-state index in [-0.39, 0.29) is 24.0 Å². The molecule has 0 saturated heterocycles. The van der Waals surface area contributed by atoms with Crippen molar-refractivity contribution in [2.24, 2.45) is 10.7 Å². The van der Waals surface area contributed by atoms with E-state index >= 15 is 0 Å². The van der Waals surface area contributed by atoms with Gasteiger partial charge < -0.3 is 15.8 Å². The Labute approximate surface area is 166 Å². The molecule has 3 N–H and O–H groups in total. The highest BCUT2D eigenvalue weighted by atomic mass is 127. The lowest BCUT2D eigenvalue weighted by Gasteiger charge is -2.11. The van der Waals surface area contributed by atoms with Crippen molar-refractivity contribution >= 4 is 63.2 Å². The number of nitrogens with one attached hydrogen (secondary N) is 1. The molecule has 0 aliphatic heterocycles. The van der Waals surface area contributed by atoms with Gasteiger partial charge in [0.1, 0.15) is 0 Å². The molecule has 23 heavy (non-hydrogen) atoms. The third kappa shape index (κ3) is 6.29. The standard InChI is InChI=1S/C16H17BrClN3O.HI/c1-22-10-12-4-2-3-5-15(12)21-16(19)20-9-11-6-7-13(17)8-14(11)18;/h2-8H,9-10H2,1H3,(H3,19,20,21);1H. The van der Waals surface area contributed by atoms with E-state index in [4.69, 9.17) is 22.1 Å². The SMILES string of the molecule is COCc1ccccc1NC(N)=NCc1ccc(Br)cc1Cl.I. The Morgan fingerprint density at radius 2 is 2.00 bits per heavy atom. The average molecular weight is 511 g/mol. The number of ether oxygens (including phenoxy) is 1. The van der Waals surface area contributed by atoms with Crippen molar-refractivity contribution in [2.75, 3.05) is 12.4 Å². The lowest BCUT2D eigenvalue weighted by molar-refractivity contribution is 0.185. The quantitative estimate of drug-likeness (QED) is 0.345. The molecule has 0 amide bonds. The van der Waals surface area contributed by atoms with Crippen LogP contribution in [-0.4, -0.2) is 13.1 Å². The van der Waals surface area contributed by atoms with Gasteiger partial charge >= 0.3 is 0 Å². The van der Waals surface area contributed by atoms with Crippen LogP contribution >= 0.6 is 51.5 Å². The summed E-state index contributed by atoms with van der Waals surface area (Å²) >= 11 is 9.54. The van der Waals surface area contributed by atoms with Gasteiger partial charge in [0.2, 0.25) is 0 Å². The molecule has 124 valence electrons. The fourth-order valence-electron chi connectivity index (χ4n) is 1.92. The second-order valence-corrected chi connectivity index (χ2v) is 5.98. The molecule has 0 fully saturated rings. The maximum Gasteiger partial charge on any atom is 0.193 e. The van der Waals surface area contributed by atoms with Gasteiger partial charge in [-0.15, -0.1) is 24.0 Å². The molecule has 4 nitrogen and oxygen atoms in total. The minimum absolute atomic E-state index is 0. The van der Waals surface area contributed by atoms with Gasteiger partial charge in [-0.05, 0) is 23.8 Å². The van der Waals surface area contributed by atoms with Crippen LogP contribution in [-0.2, 0) is 17.9 Å². The fraction of sp³-hybridized carbons (Fsp3) is 0.188. The highest BCUT2D eigenvalue weighted by Crippen LogP contribution is 2.22. The molecule has 0 aliphatic carbocycles. The van der Waals surface area contributed by atoms with Gasteiger partial charge in [-0.2, -0.15) is 0 Å². The maximum absolute atomic E-state index is 6.16. The molecule has 0 aliphatic rings. The lowest BCUT2D eigenvalue weighted by atomic mass is 10.2. The van der Waals surface area contributed by atoms with Gasteiger partial charge in [0.15, 0.2) is 5.96 Å². The number of anilines is 1. The van der Waals surface area contributed by atoms with Crippen LogP contribution in [0.3, 0.4) is 0 Å². The highest BCUT2D eigenvalue weighted by molar-refractivity contribution is 14.0. The molecule has 0 bridgehead atoms. The Bertz CT molecular complexity index is 682. The Balaban J connectivity index is 0.00000264. The normalized spacial score (nSPS) is 11.0. The van der Waals surface area contributed by atoms with E-state index in [0.717, 1.165) is 21.3 Å². The number of guanidine groups is 1. The van der Waals surface area contributed by atoms with Crippen LogP contribution in [0.15, 0.2) is 51.9 Å². The van der Waals surface area contributed by atoms with E-state index in [9.17, 15) is 0 Å². The number of hydrogen-bond acceptors (Lipinski definition) is 2. The maximum atomic E-state index is 6.16. The second-order valence-electron chi connectivity index (χ2n) is 4.65. The van der Waals surface area contributed by atoms with Crippen molar-refractivity contribution < 1.29 is 4.74 Å². The number of rotatable bonds is 5. The van der Waals surface area contributed by atoms with Crippen LogP contribution < -0.4 is 11.1 Å². The summed E-state index contributed by atoms with van der Waals surface area (Å²) < 4.78 is 6.10. The summed E-state index contributed by atoms with van der Waals surface area (Å²) in [6.07, 6.45) is 0. The number of benzene rings is 2. The first-order valence-electron chi connectivity index (χ1n) is 6.68. The van der Waals surface area contributed by atoms with Crippen LogP contribution in [0.25, 0.3) is 0 Å². The average Bonchev–Trinajstić information content (AvgIpc) is 2.48. The van der Waals surface area contributed by atoms with Crippen LogP contribution in [0.4, 0.5) is 5.69 Å². The molecule has 0 saturated carbocycles. The molecule has 0 aromatic heterocycles. The first kappa shape index (κ1) is 20.2. The minimum Gasteiger partial charge on any atom is -0.380 e. The molecular weight excluding hydrogens is 492 g/mol. The number of para-hydroxylation sites is 1. The molecule has 0 spiro atoms. The van der Waals surface area contributed by atoms with Crippen molar-refractivity contribution in [2.45, 2.75) is 13.2 Å². The number of nitrogens with zero attached hydrogens (tertiary/aromatic N) is 1. The second kappa shape index (κ2) is 10.1. The molecule has 7 heteroatoms. The first-order chi connectivity index (χ1) is 10.6. The predicted molar refractivity (Wildman–Crippen MR) is 111 cm³/mol. The summed E-state index contributed by atoms with van der Waals surface area (Å²) in [6.45, 7) is 0.923. The Morgan fingerprint density at radius 3 is 2.70 bits per heavy atom. The van der Waals surface area contributed by atoms with Crippen molar-refractivity contribution in [3.8, 4) is 0 Å². The number of hydrogen-bond donors (Lipinski definition) is 2. The number of aliphatic imine (C=N–C) groups is 1. The van der Waals surface area contributed by atoms with Gasteiger partial charge in [0.25, 0.3) is 0 Å². The van der Waals surface area contributed by atoms with Crippen LogP contribution in [0.2, 0.25) is 5.02 Å². The van der Waals surface area contributed by atoms with E-state index in [1.165, 1.54) is 0 Å². The van der Waals surface area contributed by atoms with E-state index in [0.29, 0.717) is 24.1 Å². The molecular formula is C16H18BrClIN3O. The molecule has 0 heterocycles. The lowest BCUT2D eigenvalue weighted by Crippen LogP contribution is -2.23. The van der Waals surface area contributed by atoms with Gasteiger partial charge in [-0.1, -0.05) is 51.8 Å². The van der Waals surface area contributed by atoms with Crippen LogP contribution in [0.1, 0.15) is 11.1 Å². The Morgan fingerprint density at radius 1 is 1.26 bits per heavy atom. The minimum atomic E-state index is 0. The van der Waals surface area contributed by atoms with E-state index < -0.39 is 0 Å². The van der Waals surface area contributed by atoms with E-state index in [1.807, 2.05) is 42.5 Å². The third-order valence-electron chi connectivity index (χ3n) is 3.01. The van der Waals surface area contributed by atoms with Crippen molar-refractivity contribution in [3.05, 3.63) is 63.1 Å². The zero-order valence-corrected chi connectivity index (χ0v) is 17.2. The number of methoxy groups -OCH3 is 1. The van der Waals surface area contributed by atoms with Crippen LogP contribution in [0, 0.1) is 0 Å². The van der Waals surface area contributed by atoms with Gasteiger partial charge in [-0.3, -0.25) is 0 Å². The summed E-state index contributed by atoms with van der Waals surface area (Å²) in [5.74, 6) is 0.336. The molecule has 2 aromatic rings. The van der Waals surface area contributed by atoms with Crippen molar-refractivity contribution in [1.82, 2.24) is 0 Å². The van der Waals surface area contributed by atoms with Crippen LogP contribution in [0.5, 0.6) is 0 Å². The highest BCUT2D eigenvalue weighted by Gasteiger charge is 2.04. The topological polar surface area (TPSA) is 59.6 Å². The number of nitrogens with two attached hydrogens (primary N) is 1. The summed E-state index contributed by atoms with van der Waals surface area (Å²) in [7, 11) is 1.66. The molecule has 2 rings (SSSR count). The first-order valence-corrected chi connectivity index (χ1v) is 7.85. The van der Waals surface area contributed by atoms with Crippen molar-refractivity contribution in [3.63, 3.8) is 0 Å². The van der Waals surface area contributed by atoms with E-state index in [1.54, 1.807) is 7.11 Å². The fourth-order valence-corrected chi connectivity index (χ4v) is 2.65. The molecule has 0 radical (unpaired) electrons. The largest absolute Gasteiger partial charge is 0.380 e. The smallest absolute Gasteiger partial charge is 0.193 e. The Kier molecular flexibility index (Phi) is 8.90. The van der Waals surface area contributed by atoms with E-state index in [2.05, 4.69) is 26.2 Å². The summed E-state index contributed by atoms with van der Waals surface area (Å²) in [6, 6.07) is 13.5. The summed E-state index contributed by atoms with van der Waals surface area (Å²) in [5, 5.41) is 3.75. The molecule has 2 aromatic carbocycles. The van der Waals surface area contributed by atoms with Gasteiger partial charge in [0.05, 0.1) is 13.2 Å².